The Morgan fingerprint density at radius 1 is 1.32 bits per heavy atom. The number of nitrogens with one attached hydrogen (secondary N) is 2. The van der Waals surface area contributed by atoms with Gasteiger partial charge in [-0.15, -0.1) is 0 Å². The second kappa shape index (κ2) is 6.30. The fourth-order valence-corrected chi connectivity index (χ4v) is 2.29. The maximum absolute atomic E-state index is 12.1. The molecule has 7 heteroatoms. The number of anilines is 1. The van der Waals surface area contributed by atoms with Crippen LogP contribution in [0.1, 0.15) is 5.56 Å². The van der Waals surface area contributed by atoms with Crippen LogP contribution in [0.3, 0.4) is 0 Å². The Kier molecular flexibility index (Phi) is 4.04. The molecule has 0 atom stereocenters. The van der Waals surface area contributed by atoms with E-state index in [-0.39, 0.29) is 18.5 Å². The second-order valence-electron chi connectivity index (χ2n) is 5.10. The molecule has 3 rings (SSSR count). The summed E-state index contributed by atoms with van der Waals surface area (Å²) in [6, 6.07) is 9.21. The van der Waals surface area contributed by atoms with Gasteiger partial charge in [0.05, 0.1) is 6.54 Å². The fraction of sp³-hybridized carbons (Fsp3) is 0.267. The highest BCUT2D eigenvalue weighted by Gasteiger charge is 2.20. The molecule has 1 aliphatic rings. The van der Waals surface area contributed by atoms with E-state index in [1.807, 2.05) is 41.2 Å². The number of hydrogen-bond acceptors (Lipinski definition) is 3. The van der Waals surface area contributed by atoms with Crippen molar-refractivity contribution in [3.8, 4) is 0 Å². The molecule has 22 heavy (non-hydrogen) atoms. The number of aromatic nitrogens is 2. The van der Waals surface area contributed by atoms with Crippen LogP contribution in [0.15, 0.2) is 42.7 Å². The number of hydrogen-bond donors (Lipinski definition) is 2. The summed E-state index contributed by atoms with van der Waals surface area (Å²) in [6.45, 7) is 1.81. The third-order valence-electron chi connectivity index (χ3n) is 3.43. The second-order valence-corrected chi connectivity index (χ2v) is 5.10. The van der Waals surface area contributed by atoms with E-state index in [2.05, 4.69) is 15.7 Å². The van der Waals surface area contributed by atoms with Gasteiger partial charge in [0.25, 0.3) is 0 Å². The van der Waals surface area contributed by atoms with Crippen LogP contribution in [-0.2, 0) is 11.3 Å². The zero-order valence-electron chi connectivity index (χ0n) is 12.0. The Morgan fingerprint density at radius 2 is 2.14 bits per heavy atom. The van der Waals surface area contributed by atoms with Crippen molar-refractivity contribution in [1.82, 2.24) is 20.0 Å². The first-order valence-corrected chi connectivity index (χ1v) is 7.10. The number of nitrogens with zero attached hydrogens (tertiary/aromatic N) is 3. The van der Waals surface area contributed by atoms with Crippen LogP contribution >= 0.6 is 0 Å². The molecular weight excluding hydrogens is 282 g/mol. The summed E-state index contributed by atoms with van der Waals surface area (Å²) in [4.78, 5) is 24.9. The van der Waals surface area contributed by atoms with Crippen LogP contribution in [0.2, 0.25) is 0 Å². The summed E-state index contributed by atoms with van der Waals surface area (Å²) in [7, 11) is 0. The number of urea groups is 1. The molecule has 1 aliphatic heterocycles. The summed E-state index contributed by atoms with van der Waals surface area (Å²) >= 11 is 0. The molecule has 7 nitrogen and oxygen atoms in total. The Hall–Kier alpha value is -2.83. The number of amides is 3. The van der Waals surface area contributed by atoms with E-state index in [0.717, 1.165) is 5.56 Å². The van der Waals surface area contributed by atoms with Gasteiger partial charge in [-0.05, 0) is 23.8 Å². The van der Waals surface area contributed by atoms with E-state index in [9.17, 15) is 9.59 Å². The summed E-state index contributed by atoms with van der Waals surface area (Å²) in [6.07, 6.45) is 3.64. The third kappa shape index (κ3) is 3.43. The predicted octanol–water partition coefficient (Wildman–Crippen LogP) is 0.895. The molecule has 1 aromatic heterocycles. The smallest absolute Gasteiger partial charge is 0.322 e. The van der Waals surface area contributed by atoms with Crippen LogP contribution in [0.25, 0.3) is 0 Å². The normalized spacial score (nSPS) is 14.5. The number of carbonyl (C=O) groups excluding carboxylic acids is 2. The number of benzene rings is 1. The SMILES string of the molecule is O=C1CN(C(=O)Nc2ccc(Cn3cccn3)cc2)CCN1. The molecule has 1 saturated heterocycles. The number of rotatable bonds is 3. The quantitative estimate of drug-likeness (QED) is 0.883. The minimum atomic E-state index is -0.255. The highest BCUT2D eigenvalue weighted by atomic mass is 16.2. The Labute approximate surface area is 127 Å². The summed E-state index contributed by atoms with van der Waals surface area (Å²) in [5, 5.41) is 9.65. The van der Waals surface area contributed by atoms with Gasteiger partial charge in [0.15, 0.2) is 0 Å². The molecule has 0 aliphatic carbocycles. The molecule has 0 radical (unpaired) electrons. The molecule has 3 amide bonds. The zero-order chi connectivity index (χ0) is 15.4. The van der Waals surface area contributed by atoms with Gasteiger partial charge < -0.3 is 15.5 Å². The zero-order valence-corrected chi connectivity index (χ0v) is 12.0. The molecule has 0 unspecified atom stereocenters. The van der Waals surface area contributed by atoms with Crippen molar-refractivity contribution in [2.24, 2.45) is 0 Å². The molecule has 0 saturated carbocycles. The van der Waals surface area contributed by atoms with E-state index >= 15 is 0 Å². The first-order chi connectivity index (χ1) is 10.7. The van der Waals surface area contributed by atoms with Crippen molar-refractivity contribution in [2.45, 2.75) is 6.54 Å². The van der Waals surface area contributed by atoms with Gasteiger partial charge in [0, 0.05) is 31.2 Å². The minimum Gasteiger partial charge on any atom is -0.353 e. The average Bonchev–Trinajstić information content (AvgIpc) is 3.02. The molecule has 2 heterocycles. The van der Waals surface area contributed by atoms with Gasteiger partial charge in [-0.3, -0.25) is 9.48 Å². The van der Waals surface area contributed by atoms with Gasteiger partial charge in [-0.2, -0.15) is 5.10 Å². The van der Waals surface area contributed by atoms with Gasteiger partial charge in [-0.1, -0.05) is 12.1 Å². The average molecular weight is 299 g/mol. The molecular formula is C15H17N5O2. The Bertz CT molecular complexity index is 651. The van der Waals surface area contributed by atoms with Crippen molar-refractivity contribution < 1.29 is 9.59 Å². The largest absolute Gasteiger partial charge is 0.353 e. The highest BCUT2D eigenvalue weighted by Crippen LogP contribution is 2.11. The molecule has 114 valence electrons. The van der Waals surface area contributed by atoms with Crippen molar-refractivity contribution in [2.75, 3.05) is 25.0 Å². The van der Waals surface area contributed by atoms with E-state index in [1.54, 1.807) is 6.20 Å². The number of piperazine rings is 1. The minimum absolute atomic E-state index is 0.100. The van der Waals surface area contributed by atoms with E-state index in [1.165, 1.54) is 4.90 Å². The number of carbonyl (C=O) groups is 2. The van der Waals surface area contributed by atoms with Crippen LogP contribution in [0.4, 0.5) is 10.5 Å². The maximum Gasteiger partial charge on any atom is 0.322 e. The van der Waals surface area contributed by atoms with Crippen molar-refractivity contribution in [3.05, 3.63) is 48.3 Å². The van der Waals surface area contributed by atoms with E-state index in [0.29, 0.717) is 25.3 Å². The topological polar surface area (TPSA) is 79.3 Å². The van der Waals surface area contributed by atoms with Gasteiger partial charge in [0.2, 0.25) is 5.91 Å². The molecule has 0 spiro atoms. The van der Waals surface area contributed by atoms with Crippen LogP contribution in [-0.4, -0.2) is 46.3 Å². The molecule has 1 aromatic carbocycles. The Balaban J connectivity index is 1.58. The van der Waals surface area contributed by atoms with Crippen LogP contribution < -0.4 is 10.6 Å². The van der Waals surface area contributed by atoms with E-state index in [4.69, 9.17) is 0 Å². The third-order valence-corrected chi connectivity index (χ3v) is 3.43. The standard InChI is InChI=1S/C15H17N5O2/c21-14-11-19(9-7-16-14)15(22)18-13-4-2-12(3-5-13)10-20-8-1-6-17-20/h1-6,8H,7,9-11H2,(H,16,21)(H,18,22). The molecule has 2 aromatic rings. The fourth-order valence-electron chi connectivity index (χ4n) is 2.29. The van der Waals surface area contributed by atoms with Gasteiger partial charge >= 0.3 is 6.03 Å². The predicted molar refractivity (Wildman–Crippen MR) is 81.4 cm³/mol. The van der Waals surface area contributed by atoms with Crippen molar-refractivity contribution in [1.29, 1.82) is 0 Å². The Morgan fingerprint density at radius 3 is 2.82 bits per heavy atom. The van der Waals surface area contributed by atoms with Crippen LogP contribution in [0.5, 0.6) is 0 Å². The lowest BCUT2D eigenvalue weighted by molar-refractivity contribution is -0.123. The van der Waals surface area contributed by atoms with Gasteiger partial charge in [-0.25, -0.2) is 4.79 Å². The summed E-state index contributed by atoms with van der Waals surface area (Å²) in [5.74, 6) is -0.129. The van der Waals surface area contributed by atoms with Crippen molar-refractivity contribution in [3.63, 3.8) is 0 Å². The lowest BCUT2D eigenvalue weighted by atomic mass is 10.2. The van der Waals surface area contributed by atoms with E-state index < -0.39 is 0 Å². The lowest BCUT2D eigenvalue weighted by Crippen LogP contribution is -2.51. The van der Waals surface area contributed by atoms with Crippen LogP contribution in [0, 0.1) is 0 Å². The lowest BCUT2D eigenvalue weighted by Gasteiger charge is -2.26. The summed E-state index contributed by atoms with van der Waals surface area (Å²) < 4.78 is 1.83. The first kappa shape index (κ1) is 14.1. The molecule has 1 fully saturated rings. The van der Waals surface area contributed by atoms with Gasteiger partial charge in [0.1, 0.15) is 6.54 Å². The summed E-state index contributed by atoms with van der Waals surface area (Å²) in [5.41, 5.74) is 1.80. The monoisotopic (exact) mass is 299 g/mol. The van der Waals surface area contributed by atoms with Crippen molar-refractivity contribution >= 4 is 17.6 Å². The molecule has 2 N–H and O–H groups in total. The first-order valence-electron chi connectivity index (χ1n) is 7.10. The molecule has 0 bridgehead atoms. The highest BCUT2D eigenvalue weighted by molar-refractivity contribution is 5.93. The maximum atomic E-state index is 12.1.